The number of aromatic carboxylic acids is 1. The van der Waals surface area contributed by atoms with Crippen LogP contribution in [-0.2, 0) is 6.42 Å². The number of benzene rings is 1. The zero-order valence-corrected chi connectivity index (χ0v) is 12.3. The average Bonchev–Trinajstić information content (AvgIpc) is 2.84. The van der Waals surface area contributed by atoms with Crippen molar-refractivity contribution >= 4 is 21.9 Å². The van der Waals surface area contributed by atoms with Crippen LogP contribution in [0.1, 0.15) is 16.1 Å². The number of ether oxygens (including phenoxy) is 1. The Balaban J connectivity index is 2.52. The molecule has 0 aliphatic carbocycles. The van der Waals surface area contributed by atoms with E-state index in [0.29, 0.717) is 17.0 Å². The number of hydrogen-bond donors (Lipinski definition) is 2. The standard InChI is InChI=1S/C13H13BrN2O4/c1-20-9-2-3-10(14)11(6-9)16-7-8(4-5-17)12(15-16)13(18)19/h2-3,6-7,17H,4-5H2,1H3,(H,18,19). The molecule has 0 saturated carbocycles. The lowest BCUT2D eigenvalue weighted by atomic mass is 10.2. The second kappa shape index (κ2) is 6.06. The van der Waals surface area contributed by atoms with Crippen LogP contribution in [0.25, 0.3) is 5.69 Å². The number of carboxylic acid groups (broad SMARTS) is 1. The molecule has 0 spiro atoms. The van der Waals surface area contributed by atoms with Crippen LogP contribution < -0.4 is 4.74 Å². The Bertz CT molecular complexity index is 639. The first-order valence-electron chi connectivity index (χ1n) is 5.83. The number of aromatic nitrogens is 2. The van der Waals surface area contributed by atoms with E-state index < -0.39 is 5.97 Å². The molecule has 106 valence electrons. The largest absolute Gasteiger partial charge is 0.497 e. The number of halogens is 1. The van der Waals surface area contributed by atoms with Gasteiger partial charge >= 0.3 is 5.97 Å². The normalized spacial score (nSPS) is 10.6. The van der Waals surface area contributed by atoms with Gasteiger partial charge < -0.3 is 14.9 Å². The summed E-state index contributed by atoms with van der Waals surface area (Å²) in [5, 5.41) is 22.2. The first kappa shape index (κ1) is 14.5. The van der Waals surface area contributed by atoms with E-state index in [2.05, 4.69) is 21.0 Å². The van der Waals surface area contributed by atoms with Crippen molar-refractivity contribution in [1.29, 1.82) is 0 Å². The Kier molecular flexibility index (Phi) is 4.41. The van der Waals surface area contributed by atoms with Gasteiger partial charge in [0.25, 0.3) is 0 Å². The molecule has 0 aliphatic rings. The van der Waals surface area contributed by atoms with E-state index >= 15 is 0 Å². The second-order valence-corrected chi connectivity index (χ2v) is 4.90. The molecule has 2 aromatic rings. The second-order valence-electron chi connectivity index (χ2n) is 4.04. The quantitative estimate of drug-likeness (QED) is 0.867. The molecule has 1 heterocycles. The number of aliphatic hydroxyl groups is 1. The molecule has 0 atom stereocenters. The van der Waals surface area contributed by atoms with Crippen molar-refractivity contribution in [2.24, 2.45) is 0 Å². The van der Waals surface area contributed by atoms with Gasteiger partial charge in [0.05, 0.1) is 12.8 Å². The Morgan fingerprint density at radius 1 is 1.50 bits per heavy atom. The van der Waals surface area contributed by atoms with Gasteiger partial charge in [-0.15, -0.1) is 0 Å². The summed E-state index contributed by atoms with van der Waals surface area (Å²) in [6.07, 6.45) is 1.84. The van der Waals surface area contributed by atoms with Gasteiger partial charge in [-0.2, -0.15) is 5.10 Å². The smallest absolute Gasteiger partial charge is 0.356 e. The van der Waals surface area contributed by atoms with Gasteiger partial charge in [0.1, 0.15) is 5.75 Å². The highest BCUT2D eigenvalue weighted by atomic mass is 79.9. The minimum Gasteiger partial charge on any atom is -0.497 e. The lowest BCUT2D eigenvalue weighted by Crippen LogP contribution is -2.04. The van der Waals surface area contributed by atoms with Crippen molar-refractivity contribution in [3.8, 4) is 11.4 Å². The van der Waals surface area contributed by atoms with Crippen molar-refractivity contribution in [2.45, 2.75) is 6.42 Å². The van der Waals surface area contributed by atoms with Crippen LogP contribution in [-0.4, -0.2) is 39.7 Å². The molecule has 0 fully saturated rings. The van der Waals surface area contributed by atoms with Crippen LogP contribution in [0.3, 0.4) is 0 Å². The zero-order valence-electron chi connectivity index (χ0n) is 10.7. The molecule has 0 amide bonds. The van der Waals surface area contributed by atoms with E-state index in [0.717, 1.165) is 4.47 Å². The molecule has 2 N–H and O–H groups in total. The van der Waals surface area contributed by atoms with Crippen LogP contribution in [0.2, 0.25) is 0 Å². The summed E-state index contributed by atoms with van der Waals surface area (Å²) in [5.74, 6) is -0.481. The highest BCUT2D eigenvalue weighted by molar-refractivity contribution is 9.10. The number of carboxylic acids is 1. The lowest BCUT2D eigenvalue weighted by molar-refractivity contribution is 0.0688. The Morgan fingerprint density at radius 2 is 2.25 bits per heavy atom. The summed E-state index contributed by atoms with van der Waals surface area (Å²) in [6.45, 7) is -0.134. The van der Waals surface area contributed by atoms with Crippen molar-refractivity contribution in [1.82, 2.24) is 9.78 Å². The van der Waals surface area contributed by atoms with Crippen molar-refractivity contribution in [3.63, 3.8) is 0 Å². The molecule has 0 aliphatic heterocycles. The molecule has 2 rings (SSSR count). The highest BCUT2D eigenvalue weighted by Crippen LogP contribution is 2.26. The Labute approximate surface area is 123 Å². The van der Waals surface area contributed by atoms with E-state index in [1.807, 2.05) is 0 Å². The van der Waals surface area contributed by atoms with Gasteiger partial charge in [0.2, 0.25) is 0 Å². The first-order chi connectivity index (χ1) is 9.56. The van der Waals surface area contributed by atoms with Gasteiger partial charge in [0, 0.05) is 28.9 Å². The topological polar surface area (TPSA) is 84.6 Å². The SMILES string of the molecule is COc1ccc(Br)c(-n2cc(CCO)c(C(=O)O)n2)c1. The van der Waals surface area contributed by atoms with Crippen LogP contribution in [0.15, 0.2) is 28.9 Å². The van der Waals surface area contributed by atoms with Crippen molar-refractivity contribution in [2.75, 3.05) is 13.7 Å². The number of nitrogens with zero attached hydrogens (tertiary/aromatic N) is 2. The van der Waals surface area contributed by atoms with E-state index in [4.69, 9.17) is 14.9 Å². The number of carbonyl (C=O) groups is 1. The van der Waals surface area contributed by atoms with E-state index in [-0.39, 0.29) is 18.7 Å². The fourth-order valence-corrected chi connectivity index (χ4v) is 2.24. The molecule has 0 radical (unpaired) electrons. The molecule has 1 aromatic heterocycles. The molecular weight excluding hydrogens is 328 g/mol. The lowest BCUT2D eigenvalue weighted by Gasteiger charge is -2.07. The van der Waals surface area contributed by atoms with Crippen molar-refractivity contribution in [3.05, 3.63) is 40.1 Å². The zero-order chi connectivity index (χ0) is 14.7. The van der Waals surface area contributed by atoms with Gasteiger partial charge in [-0.3, -0.25) is 0 Å². The number of hydrogen-bond acceptors (Lipinski definition) is 4. The van der Waals surface area contributed by atoms with Gasteiger partial charge in [0.15, 0.2) is 5.69 Å². The van der Waals surface area contributed by atoms with Crippen LogP contribution in [0, 0.1) is 0 Å². The maximum Gasteiger partial charge on any atom is 0.356 e. The average molecular weight is 341 g/mol. The summed E-state index contributed by atoms with van der Waals surface area (Å²) in [7, 11) is 1.55. The van der Waals surface area contributed by atoms with Crippen molar-refractivity contribution < 1.29 is 19.7 Å². The van der Waals surface area contributed by atoms with Crippen LogP contribution in [0.4, 0.5) is 0 Å². The monoisotopic (exact) mass is 340 g/mol. The third-order valence-corrected chi connectivity index (χ3v) is 3.44. The van der Waals surface area contributed by atoms with Gasteiger partial charge in [-0.05, 0) is 34.5 Å². The summed E-state index contributed by atoms with van der Waals surface area (Å²) >= 11 is 3.39. The van der Waals surface area contributed by atoms with E-state index in [1.54, 1.807) is 31.5 Å². The molecule has 1 aromatic carbocycles. The fourth-order valence-electron chi connectivity index (χ4n) is 1.81. The van der Waals surface area contributed by atoms with Gasteiger partial charge in [-0.25, -0.2) is 9.48 Å². The predicted molar refractivity (Wildman–Crippen MR) is 75.6 cm³/mol. The van der Waals surface area contributed by atoms with Crippen LogP contribution in [0.5, 0.6) is 5.75 Å². The molecule has 0 bridgehead atoms. The maximum absolute atomic E-state index is 11.2. The Hall–Kier alpha value is -1.86. The molecule has 0 unspecified atom stereocenters. The first-order valence-corrected chi connectivity index (χ1v) is 6.62. The van der Waals surface area contributed by atoms with Gasteiger partial charge in [-0.1, -0.05) is 0 Å². The third kappa shape index (κ3) is 2.83. The summed E-state index contributed by atoms with van der Waals surface area (Å²) in [5.41, 5.74) is 1.08. The summed E-state index contributed by atoms with van der Waals surface area (Å²) in [4.78, 5) is 11.2. The summed E-state index contributed by atoms with van der Waals surface area (Å²) < 4.78 is 7.36. The van der Waals surface area contributed by atoms with Crippen LogP contribution >= 0.6 is 15.9 Å². The molecule has 0 saturated heterocycles. The molecule has 6 nitrogen and oxygen atoms in total. The minimum absolute atomic E-state index is 0.0613. The number of aliphatic hydroxyl groups excluding tert-OH is 1. The molecular formula is C13H13BrN2O4. The predicted octanol–water partition coefficient (Wildman–Crippen LogP) is 1.88. The number of methoxy groups -OCH3 is 1. The highest BCUT2D eigenvalue weighted by Gasteiger charge is 2.17. The van der Waals surface area contributed by atoms with E-state index in [9.17, 15) is 4.79 Å². The molecule has 20 heavy (non-hydrogen) atoms. The summed E-state index contributed by atoms with van der Waals surface area (Å²) in [6, 6.07) is 5.32. The van der Waals surface area contributed by atoms with E-state index in [1.165, 1.54) is 4.68 Å². The molecule has 7 heteroatoms. The Morgan fingerprint density at radius 3 is 2.85 bits per heavy atom. The maximum atomic E-state index is 11.2. The third-order valence-electron chi connectivity index (χ3n) is 2.77. The fraction of sp³-hybridized carbons (Fsp3) is 0.231. The minimum atomic E-state index is -1.12. The number of rotatable bonds is 5.